The predicted octanol–water partition coefficient (Wildman–Crippen LogP) is 5.43. The fourth-order valence-corrected chi connectivity index (χ4v) is 5.68. The molecule has 0 saturated heterocycles. The van der Waals surface area contributed by atoms with Gasteiger partial charge in [-0.05, 0) is 67.9 Å². The number of imidazole rings is 1. The summed E-state index contributed by atoms with van der Waals surface area (Å²) in [5.74, 6) is 1.55. The van der Waals surface area contributed by atoms with E-state index in [2.05, 4.69) is 52.5 Å². The average Bonchev–Trinajstić information content (AvgIpc) is 3.17. The van der Waals surface area contributed by atoms with E-state index in [1.165, 1.54) is 19.3 Å². The summed E-state index contributed by atoms with van der Waals surface area (Å²) >= 11 is 0. The number of rotatable bonds is 8. The quantitative estimate of drug-likeness (QED) is 0.372. The van der Waals surface area contributed by atoms with Gasteiger partial charge in [0.15, 0.2) is 17.3 Å². The zero-order chi connectivity index (χ0) is 26.3. The van der Waals surface area contributed by atoms with Crippen LogP contribution in [0.25, 0.3) is 22.7 Å². The number of aromatic nitrogens is 5. The highest BCUT2D eigenvalue weighted by Crippen LogP contribution is 2.36. The summed E-state index contributed by atoms with van der Waals surface area (Å²) in [5, 5.41) is 13.3. The van der Waals surface area contributed by atoms with E-state index in [4.69, 9.17) is 4.98 Å². The van der Waals surface area contributed by atoms with Crippen molar-refractivity contribution < 1.29 is 9.90 Å². The number of carbonyl (C=O) groups is 1. The molecule has 3 aromatic heterocycles. The Morgan fingerprint density at radius 3 is 2.46 bits per heavy atom. The van der Waals surface area contributed by atoms with Crippen LogP contribution in [0.4, 0.5) is 5.82 Å². The zero-order valence-electron chi connectivity index (χ0n) is 22.3. The molecule has 0 unspecified atom stereocenters. The minimum Gasteiger partial charge on any atom is -0.475 e. The molecule has 3 N–H and O–H groups in total. The van der Waals surface area contributed by atoms with Crippen LogP contribution in [0.1, 0.15) is 94.7 Å². The number of hydrogen-bond donors (Lipinski definition) is 3. The molecule has 2 saturated carbocycles. The van der Waals surface area contributed by atoms with Gasteiger partial charge in [0, 0.05) is 18.7 Å². The minimum absolute atomic E-state index is 0.153. The molecule has 0 bridgehead atoms. The number of nitrogens with one attached hydrogen (secondary N) is 2. The Labute approximate surface area is 217 Å². The van der Waals surface area contributed by atoms with Gasteiger partial charge in [-0.3, -0.25) is 4.79 Å². The van der Waals surface area contributed by atoms with Crippen LogP contribution in [0.3, 0.4) is 0 Å². The predicted molar refractivity (Wildman–Crippen MR) is 144 cm³/mol. The molecule has 3 heterocycles. The molecule has 0 aliphatic heterocycles. The molecular formula is C28H38N6O3. The van der Waals surface area contributed by atoms with Crippen molar-refractivity contribution in [1.82, 2.24) is 24.5 Å². The lowest BCUT2D eigenvalue weighted by molar-refractivity contribution is 0.0684. The highest BCUT2D eigenvalue weighted by molar-refractivity contribution is 5.92. The molecule has 2 fully saturated rings. The first kappa shape index (κ1) is 25.4. The summed E-state index contributed by atoms with van der Waals surface area (Å²) in [6, 6.07) is 3.75. The van der Waals surface area contributed by atoms with Crippen molar-refractivity contribution in [2.45, 2.75) is 91.1 Å². The van der Waals surface area contributed by atoms with E-state index in [0.717, 1.165) is 43.7 Å². The average molecular weight is 507 g/mol. The van der Waals surface area contributed by atoms with Crippen LogP contribution in [0.2, 0.25) is 0 Å². The SMILES string of the molecule is CC1CCC(Cn2c(-c3cc(C(C)C)cc(=O)[nH]3)nc3nc(C(=O)O)nc(N[C@H](C)C4CCC4)c32)CC1. The topological polar surface area (TPSA) is 126 Å². The monoisotopic (exact) mass is 506 g/mol. The second-order valence-electron chi connectivity index (χ2n) is 11.5. The standard InChI is InChI=1S/C28H38N6O3/c1-15(2)20-12-21(30-22(35)13-20)27-33-25-23(34(27)14-18-10-8-16(3)9-11-18)24(31-26(32-25)28(36)37)29-17(4)19-6-5-7-19/h12-13,15-19H,5-11,14H2,1-4H3,(H,30,35)(H,36,37)(H,29,31,32)/t16?,17-,18?/m1/s1. The third-order valence-electron chi connectivity index (χ3n) is 8.37. The summed E-state index contributed by atoms with van der Waals surface area (Å²) < 4.78 is 2.12. The van der Waals surface area contributed by atoms with E-state index in [0.29, 0.717) is 40.3 Å². The van der Waals surface area contributed by atoms with Crippen molar-refractivity contribution in [3.05, 3.63) is 33.9 Å². The molecule has 0 spiro atoms. The molecule has 2 aliphatic carbocycles. The Balaban J connectivity index is 1.68. The van der Waals surface area contributed by atoms with E-state index < -0.39 is 5.97 Å². The lowest BCUT2D eigenvalue weighted by Gasteiger charge is -2.32. The summed E-state index contributed by atoms with van der Waals surface area (Å²) in [7, 11) is 0. The summed E-state index contributed by atoms with van der Waals surface area (Å²) in [6.07, 6.45) is 8.16. The number of aromatic amines is 1. The maximum absolute atomic E-state index is 12.6. The molecule has 5 rings (SSSR count). The lowest BCUT2D eigenvalue weighted by Crippen LogP contribution is -2.31. The van der Waals surface area contributed by atoms with Gasteiger partial charge < -0.3 is 20.0 Å². The molecule has 0 amide bonds. The molecular weight excluding hydrogens is 468 g/mol. The minimum atomic E-state index is -1.19. The van der Waals surface area contributed by atoms with Crippen LogP contribution in [-0.2, 0) is 6.54 Å². The van der Waals surface area contributed by atoms with Crippen molar-refractivity contribution in [3.63, 3.8) is 0 Å². The van der Waals surface area contributed by atoms with Gasteiger partial charge in [-0.1, -0.05) is 40.0 Å². The Kier molecular flexibility index (Phi) is 7.05. The van der Waals surface area contributed by atoms with Crippen LogP contribution < -0.4 is 10.9 Å². The molecule has 0 radical (unpaired) electrons. The van der Waals surface area contributed by atoms with Gasteiger partial charge in [0.2, 0.25) is 11.4 Å². The second-order valence-corrected chi connectivity index (χ2v) is 11.5. The number of pyridine rings is 1. The molecule has 9 heteroatoms. The summed E-state index contributed by atoms with van der Waals surface area (Å²) in [4.78, 5) is 41.1. The largest absolute Gasteiger partial charge is 0.475 e. The van der Waals surface area contributed by atoms with Crippen molar-refractivity contribution in [2.75, 3.05) is 5.32 Å². The third-order valence-corrected chi connectivity index (χ3v) is 8.37. The molecule has 1 atom stereocenters. The number of anilines is 1. The lowest BCUT2D eigenvalue weighted by atomic mass is 9.80. The van der Waals surface area contributed by atoms with Gasteiger partial charge in [-0.15, -0.1) is 0 Å². The summed E-state index contributed by atoms with van der Waals surface area (Å²) in [6.45, 7) is 9.26. The molecule has 0 aromatic carbocycles. The van der Waals surface area contributed by atoms with Gasteiger partial charge in [0.1, 0.15) is 5.52 Å². The van der Waals surface area contributed by atoms with Crippen molar-refractivity contribution in [2.24, 2.45) is 17.8 Å². The molecule has 37 heavy (non-hydrogen) atoms. The van der Waals surface area contributed by atoms with Gasteiger partial charge in [0.25, 0.3) is 0 Å². The van der Waals surface area contributed by atoms with Crippen LogP contribution in [-0.4, -0.2) is 41.6 Å². The van der Waals surface area contributed by atoms with Crippen molar-refractivity contribution in [3.8, 4) is 11.5 Å². The fraction of sp³-hybridized carbons (Fsp3) is 0.607. The number of fused-ring (bicyclic) bond motifs is 1. The van der Waals surface area contributed by atoms with E-state index >= 15 is 0 Å². The van der Waals surface area contributed by atoms with E-state index in [1.807, 2.05) is 6.07 Å². The Morgan fingerprint density at radius 1 is 1.11 bits per heavy atom. The number of carboxylic acids is 1. The second kappa shape index (κ2) is 10.3. The zero-order valence-corrected chi connectivity index (χ0v) is 22.3. The van der Waals surface area contributed by atoms with Gasteiger partial charge in [-0.25, -0.2) is 19.7 Å². The number of hydrogen-bond acceptors (Lipinski definition) is 6. The maximum atomic E-state index is 12.6. The van der Waals surface area contributed by atoms with Crippen molar-refractivity contribution in [1.29, 1.82) is 0 Å². The Morgan fingerprint density at radius 2 is 1.84 bits per heavy atom. The first-order chi connectivity index (χ1) is 17.7. The van der Waals surface area contributed by atoms with Crippen molar-refractivity contribution >= 4 is 23.0 Å². The Hall–Kier alpha value is -3.23. The van der Waals surface area contributed by atoms with Crippen LogP contribution >= 0.6 is 0 Å². The van der Waals surface area contributed by atoms with Crippen LogP contribution in [0.5, 0.6) is 0 Å². The maximum Gasteiger partial charge on any atom is 0.374 e. The smallest absolute Gasteiger partial charge is 0.374 e. The first-order valence-electron chi connectivity index (χ1n) is 13.7. The van der Waals surface area contributed by atoms with Gasteiger partial charge >= 0.3 is 5.97 Å². The molecule has 9 nitrogen and oxygen atoms in total. The van der Waals surface area contributed by atoms with Gasteiger partial charge in [0.05, 0.1) is 5.69 Å². The summed E-state index contributed by atoms with van der Waals surface area (Å²) in [5.41, 5.74) is 2.41. The van der Waals surface area contributed by atoms with Crippen LogP contribution in [0.15, 0.2) is 16.9 Å². The number of carboxylic acid groups (broad SMARTS) is 1. The Bertz CT molecular complexity index is 1350. The van der Waals surface area contributed by atoms with E-state index in [1.54, 1.807) is 6.07 Å². The highest BCUT2D eigenvalue weighted by atomic mass is 16.4. The normalized spacial score (nSPS) is 21.2. The highest BCUT2D eigenvalue weighted by Gasteiger charge is 2.29. The molecule has 3 aromatic rings. The van der Waals surface area contributed by atoms with Crippen LogP contribution in [0, 0.1) is 17.8 Å². The molecule has 2 aliphatic rings. The molecule has 198 valence electrons. The number of nitrogens with zero attached hydrogens (tertiary/aromatic N) is 4. The first-order valence-corrected chi connectivity index (χ1v) is 13.7. The number of aromatic carboxylic acids is 1. The van der Waals surface area contributed by atoms with E-state index in [-0.39, 0.29) is 23.3 Å². The fourth-order valence-electron chi connectivity index (χ4n) is 5.68. The third kappa shape index (κ3) is 5.26. The van der Waals surface area contributed by atoms with E-state index in [9.17, 15) is 14.7 Å². The number of H-pyrrole nitrogens is 1. The van der Waals surface area contributed by atoms with Gasteiger partial charge in [-0.2, -0.15) is 0 Å².